The van der Waals surface area contributed by atoms with Crippen molar-refractivity contribution in [2.45, 2.75) is 70.2 Å². The summed E-state index contributed by atoms with van der Waals surface area (Å²) in [5.41, 5.74) is 2.76. The predicted molar refractivity (Wildman–Crippen MR) is 141 cm³/mol. The van der Waals surface area contributed by atoms with E-state index in [1.807, 2.05) is 26.8 Å². The molecule has 2 aromatic rings. The fraction of sp³-hybridized carbons (Fsp3) is 0.577. The molecule has 0 N–H and O–H groups in total. The van der Waals surface area contributed by atoms with Gasteiger partial charge in [0.25, 0.3) is 0 Å². The van der Waals surface area contributed by atoms with Crippen molar-refractivity contribution in [3.63, 3.8) is 0 Å². The summed E-state index contributed by atoms with van der Waals surface area (Å²) in [6.45, 7) is 13.3. The molecule has 0 bridgehead atoms. The number of nitrogens with zero attached hydrogens (tertiary/aromatic N) is 7. The van der Waals surface area contributed by atoms with Crippen molar-refractivity contribution < 1.29 is 13.2 Å². The third-order valence-corrected chi connectivity index (χ3v) is 10.8. The molecule has 11 heteroatoms. The van der Waals surface area contributed by atoms with E-state index in [-0.39, 0.29) is 29.2 Å². The summed E-state index contributed by atoms with van der Waals surface area (Å²) in [5, 5.41) is 9.51. The van der Waals surface area contributed by atoms with Crippen LogP contribution in [0, 0.1) is 18.3 Å². The fourth-order valence-corrected chi connectivity index (χ4v) is 7.30. The molecule has 37 heavy (non-hydrogen) atoms. The monoisotopic (exact) mass is 523 g/mol. The van der Waals surface area contributed by atoms with E-state index in [4.69, 9.17) is 4.98 Å². The zero-order valence-corrected chi connectivity index (χ0v) is 23.0. The van der Waals surface area contributed by atoms with Crippen molar-refractivity contribution in [3.8, 4) is 6.07 Å². The molecule has 0 radical (unpaired) electrons. The molecule has 0 aromatic carbocycles. The highest BCUT2D eigenvalue weighted by Gasteiger charge is 2.57. The zero-order chi connectivity index (χ0) is 26.9. The second kappa shape index (κ2) is 8.38. The average molecular weight is 524 g/mol. The maximum Gasteiger partial charge on any atom is 0.244 e. The largest absolute Gasteiger partial charge is 0.350 e. The summed E-state index contributed by atoms with van der Waals surface area (Å²) in [4.78, 5) is 33.2. The number of carbonyl (C=O) groups excluding carboxylic acids is 1. The first-order valence-electron chi connectivity index (χ1n) is 12.6. The predicted octanol–water partition coefficient (Wildman–Crippen LogP) is 2.48. The van der Waals surface area contributed by atoms with E-state index in [0.29, 0.717) is 37.3 Å². The molecule has 2 aromatic heterocycles. The number of piperazine rings is 1. The zero-order valence-electron chi connectivity index (χ0n) is 22.2. The van der Waals surface area contributed by atoms with Gasteiger partial charge in [0.2, 0.25) is 5.91 Å². The van der Waals surface area contributed by atoms with Gasteiger partial charge in [-0.2, -0.15) is 5.26 Å². The lowest BCUT2D eigenvalue weighted by Crippen LogP contribution is -2.66. The number of hydrogen-bond acceptors (Lipinski definition) is 9. The number of aromatic nitrogens is 3. The number of pyridine rings is 1. The molecule has 10 nitrogen and oxygen atoms in total. The maximum absolute atomic E-state index is 13.4. The van der Waals surface area contributed by atoms with Crippen LogP contribution < -0.4 is 9.80 Å². The number of sulfone groups is 1. The van der Waals surface area contributed by atoms with Gasteiger partial charge >= 0.3 is 0 Å². The normalized spacial score (nSPS) is 27.9. The van der Waals surface area contributed by atoms with Gasteiger partial charge in [0.1, 0.15) is 28.8 Å². The number of carbonyl (C=O) groups is 1. The van der Waals surface area contributed by atoms with Crippen LogP contribution in [0.25, 0.3) is 0 Å². The smallest absolute Gasteiger partial charge is 0.244 e. The van der Waals surface area contributed by atoms with Crippen LogP contribution in [0.2, 0.25) is 0 Å². The molecule has 3 atom stereocenters. The second-order valence-electron chi connectivity index (χ2n) is 11.4. The molecular formula is C26H33N7O3S. The SMILES string of the molecule is Cc1ncc(N2CC(C)(C)c3c2ncnc3N2C[C@@H](C)N(C(=O)[C@]3(C)CCS3(=O)=O)C[C@@H]2C)cc1C#N. The van der Waals surface area contributed by atoms with Crippen LogP contribution in [0.4, 0.5) is 17.3 Å². The lowest BCUT2D eigenvalue weighted by Gasteiger charge is -2.49. The molecule has 196 valence electrons. The van der Waals surface area contributed by atoms with Crippen molar-refractivity contribution in [1.29, 1.82) is 5.26 Å². The van der Waals surface area contributed by atoms with Gasteiger partial charge in [0, 0.05) is 42.7 Å². The van der Waals surface area contributed by atoms with Crippen molar-refractivity contribution in [2.75, 3.05) is 35.2 Å². The molecule has 3 aliphatic heterocycles. The van der Waals surface area contributed by atoms with E-state index in [1.165, 1.54) is 0 Å². The Hall–Kier alpha value is -3.26. The highest BCUT2D eigenvalue weighted by molar-refractivity contribution is 7.95. The van der Waals surface area contributed by atoms with E-state index >= 15 is 0 Å². The summed E-state index contributed by atoms with van der Waals surface area (Å²) in [7, 11) is -3.40. The first kappa shape index (κ1) is 25.4. The van der Waals surface area contributed by atoms with Crippen LogP contribution >= 0.6 is 0 Å². The van der Waals surface area contributed by atoms with Gasteiger partial charge in [0.15, 0.2) is 9.84 Å². The van der Waals surface area contributed by atoms with E-state index in [9.17, 15) is 18.5 Å². The Balaban J connectivity index is 1.48. The van der Waals surface area contributed by atoms with Gasteiger partial charge in [-0.15, -0.1) is 0 Å². The van der Waals surface area contributed by atoms with Crippen molar-refractivity contribution in [2.24, 2.45) is 0 Å². The van der Waals surface area contributed by atoms with E-state index in [0.717, 1.165) is 22.9 Å². The lowest BCUT2D eigenvalue weighted by atomic mass is 9.87. The number of aryl methyl sites for hydroxylation is 1. The van der Waals surface area contributed by atoms with Crippen LogP contribution in [-0.2, 0) is 20.0 Å². The standard InChI is InChI=1S/C26H33N7O3S/c1-16-13-32(24(34)26(6)7-8-37(26,35)36)17(2)12-31(16)22-21-23(30-15-29-22)33(14-25(21,4)5)20-9-19(10-27)18(3)28-11-20/h9,11,15-17H,7-8,12-14H2,1-6H3/t16-,17+,26-/m0/s1. The molecule has 5 heterocycles. The second-order valence-corrected chi connectivity index (χ2v) is 14.0. The van der Waals surface area contributed by atoms with Gasteiger partial charge in [-0.1, -0.05) is 13.8 Å². The highest BCUT2D eigenvalue weighted by atomic mass is 32.2. The fourth-order valence-electron chi connectivity index (χ4n) is 5.76. The minimum Gasteiger partial charge on any atom is -0.350 e. The molecule has 0 spiro atoms. The average Bonchev–Trinajstić information content (AvgIpc) is 3.14. The van der Waals surface area contributed by atoms with Gasteiger partial charge < -0.3 is 14.7 Å². The Morgan fingerprint density at radius 1 is 1.11 bits per heavy atom. The number of amides is 1. The molecule has 0 unspecified atom stereocenters. The third-order valence-electron chi connectivity index (χ3n) is 8.30. The van der Waals surface area contributed by atoms with Crippen LogP contribution in [0.3, 0.4) is 0 Å². The molecule has 2 fully saturated rings. The third kappa shape index (κ3) is 3.76. The lowest BCUT2D eigenvalue weighted by molar-refractivity contribution is -0.137. The maximum atomic E-state index is 13.4. The van der Waals surface area contributed by atoms with Gasteiger partial charge in [0.05, 0.1) is 28.9 Å². The minimum atomic E-state index is -3.40. The number of anilines is 3. The summed E-state index contributed by atoms with van der Waals surface area (Å²) < 4.78 is 23.5. The van der Waals surface area contributed by atoms with Crippen LogP contribution in [-0.4, -0.2) is 76.4 Å². The van der Waals surface area contributed by atoms with Crippen LogP contribution in [0.15, 0.2) is 18.6 Å². The number of nitriles is 1. The Morgan fingerprint density at radius 2 is 1.81 bits per heavy atom. The molecule has 0 saturated carbocycles. The quantitative estimate of drug-likeness (QED) is 0.597. The Kier molecular flexibility index (Phi) is 5.75. The first-order valence-corrected chi connectivity index (χ1v) is 14.3. The van der Waals surface area contributed by atoms with Gasteiger partial charge in [-0.3, -0.25) is 9.78 Å². The number of fused-ring (bicyclic) bond motifs is 1. The topological polar surface area (TPSA) is 123 Å². The van der Waals surface area contributed by atoms with E-state index in [2.05, 4.69) is 39.7 Å². The van der Waals surface area contributed by atoms with Crippen molar-refractivity contribution in [3.05, 3.63) is 35.4 Å². The molecule has 1 amide bonds. The Bertz CT molecular complexity index is 1430. The van der Waals surface area contributed by atoms with E-state index < -0.39 is 14.6 Å². The molecule has 3 aliphatic rings. The summed E-state index contributed by atoms with van der Waals surface area (Å²) in [6.07, 6.45) is 3.71. The molecule has 5 rings (SSSR count). The number of hydrogen-bond donors (Lipinski definition) is 0. The van der Waals surface area contributed by atoms with Crippen molar-refractivity contribution in [1.82, 2.24) is 19.9 Å². The van der Waals surface area contributed by atoms with Gasteiger partial charge in [-0.05, 0) is 40.2 Å². The Labute approximate surface area is 218 Å². The number of rotatable bonds is 3. The highest BCUT2D eigenvalue weighted by Crippen LogP contribution is 2.47. The van der Waals surface area contributed by atoms with E-state index in [1.54, 1.807) is 24.3 Å². The van der Waals surface area contributed by atoms with Crippen LogP contribution in [0.5, 0.6) is 0 Å². The van der Waals surface area contributed by atoms with Crippen LogP contribution in [0.1, 0.15) is 57.9 Å². The summed E-state index contributed by atoms with van der Waals surface area (Å²) >= 11 is 0. The summed E-state index contributed by atoms with van der Waals surface area (Å²) in [6, 6.07) is 3.81. The Morgan fingerprint density at radius 3 is 2.43 bits per heavy atom. The van der Waals surface area contributed by atoms with Gasteiger partial charge in [-0.25, -0.2) is 18.4 Å². The summed E-state index contributed by atoms with van der Waals surface area (Å²) in [5.74, 6) is 1.39. The minimum absolute atomic E-state index is 0.0680. The van der Waals surface area contributed by atoms with Crippen molar-refractivity contribution >= 4 is 33.1 Å². The molecular weight excluding hydrogens is 490 g/mol. The molecule has 2 saturated heterocycles. The first-order chi connectivity index (χ1) is 17.3. The molecule has 0 aliphatic carbocycles.